The van der Waals surface area contributed by atoms with E-state index in [-0.39, 0.29) is 15.7 Å². The summed E-state index contributed by atoms with van der Waals surface area (Å²) in [6.07, 6.45) is 0.711. The normalized spacial score (nSPS) is 11.5. The van der Waals surface area contributed by atoms with Crippen LogP contribution in [0.15, 0.2) is 40.1 Å². The van der Waals surface area contributed by atoms with Crippen LogP contribution in [0.5, 0.6) is 0 Å². The lowest BCUT2D eigenvalue weighted by molar-refractivity contribution is -0.114. The summed E-state index contributed by atoms with van der Waals surface area (Å²) in [6.45, 7) is 6.11. The second kappa shape index (κ2) is 7.84. The van der Waals surface area contributed by atoms with Crippen LogP contribution in [0.25, 0.3) is 0 Å². The Hall–Kier alpha value is -2.12. The van der Waals surface area contributed by atoms with Crippen LogP contribution in [0, 0.1) is 13.8 Å². The highest BCUT2D eigenvalue weighted by Crippen LogP contribution is 2.35. The van der Waals surface area contributed by atoms with Crippen LogP contribution >= 0.6 is 0 Å². The number of nitrogens with one attached hydrogen (secondary N) is 1. The maximum atomic E-state index is 13.2. The molecular weight excluding hydrogens is 340 g/mol. The molecule has 1 N–H and O–H groups in total. The minimum Gasteiger partial charge on any atom is -0.385 e. The molecule has 0 aliphatic carbocycles. The van der Waals surface area contributed by atoms with Crippen LogP contribution in [0.4, 0.5) is 5.82 Å². The molecule has 1 aromatic heterocycles. The highest BCUT2D eigenvalue weighted by molar-refractivity contribution is 7.91. The van der Waals surface area contributed by atoms with Crippen LogP contribution in [0.2, 0.25) is 0 Å². The Morgan fingerprint density at radius 1 is 1.20 bits per heavy atom. The quantitative estimate of drug-likeness (QED) is 0.766. The summed E-state index contributed by atoms with van der Waals surface area (Å²) in [5, 5.41) is 2.71. The van der Waals surface area contributed by atoms with E-state index in [9.17, 15) is 13.2 Å². The van der Waals surface area contributed by atoms with Gasteiger partial charge in [0.2, 0.25) is 15.7 Å². The van der Waals surface area contributed by atoms with Crippen molar-refractivity contribution in [3.63, 3.8) is 0 Å². The summed E-state index contributed by atoms with van der Waals surface area (Å²) >= 11 is 0. The molecule has 0 atom stereocenters. The summed E-state index contributed by atoms with van der Waals surface area (Å²) in [5.41, 5.74) is 1.46. The van der Waals surface area contributed by atoms with Gasteiger partial charge in [-0.3, -0.25) is 4.79 Å². The SMILES string of the molecule is COCCCn1c(C)c(C)c(S(=O)(=O)c2ccccc2)c1NC(C)=O. The molecule has 25 heavy (non-hydrogen) atoms. The number of ether oxygens (including phenoxy) is 1. The smallest absolute Gasteiger partial charge is 0.222 e. The van der Waals surface area contributed by atoms with Crippen molar-refractivity contribution < 1.29 is 17.9 Å². The third-order valence-electron chi connectivity index (χ3n) is 4.12. The van der Waals surface area contributed by atoms with Gasteiger partial charge >= 0.3 is 0 Å². The van der Waals surface area contributed by atoms with E-state index < -0.39 is 9.84 Å². The van der Waals surface area contributed by atoms with Crippen molar-refractivity contribution in [2.75, 3.05) is 19.0 Å². The van der Waals surface area contributed by atoms with Crippen LogP contribution in [0.1, 0.15) is 24.6 Å². The van der Waals surface area contributed by atoms with Gasteiger partial charge in [0, 0.05) is 32.9 Å². The third-order valence-corrected chi connectivity index (χ3v) is 6.05. The van der Waals surface area contributed by atoms with Gasteiger partial charge in [-0.1, -0.05) is 18.2 Å². The molecule has 0 unspecified atom stereocenters. The van der Waals surface area contributed by atoms with Crippen LogP contribution < -0.4 is 5.32 Å². The van der Waals surface area contributed by atoms with Gasteiger partial charge in [0.25, 0.3) is 0 Å². The van der Waals surface area contributed by atoms with Crippen molar-refractivity contribution in [2.45, 2.75) is 43.5 Å². The zero-order valence-corrected chi connectivity index (χ0v) is 15.8. The molecule has 0 saturated carbocycles. The first-order valence-electron chi connectivity index (χ1n) is 8.07. The first-order chi connectivity index (χ1) is 11.8. The number of benzene rings is 1. The predicted octanol–water partition coefficient (Wildman–Crippen LogP) is 2.93. The lowest BCUT2D eigenvalue weighted by Gasteiger charge is -2.13. The van der Waals surface area contributed by atoms with Crippen molar-refractivity contribution >= 4 is 21.6 Å². The topological polar surface area (TPSA) is 77.4 Å². The first kappa shape index (κ1) is 19.2. The summed E-state index contributed by atoms with van der Waals surface area (Å²) in [5.74, 6) is 0.0115. The molecule has 0 aliphatic rings. The highest BCUT2D eigenvalue weighted by Gasteiger charge is 2.29. The minimum atomic E-state index is -3.74. The maximum Gasteiger partial charge on any atom is 0.222 e. The van der Waals surface area contributed by atoms with E-state index in [1.165, 1.54) is 6.92 Å². The van der Waals surface area contributed by atoms with E-state index in [0.29, 0.717) is 31.0 Å². The van der Waals surface area contributed by atoms with E-state index in [1.807, 2.05) is 11.5 Å². The molecule has 0 bridgehead atoms. The molecule has 1 amide bonds. The molecule has 1 aromatic carbocycles. The lowest BCUT2D eigenvalue weighted by atomic mass is 10.3. The lowest BCUT2D eigenvalue weighted by Crippen LogP contribution is -2.15. The minimum absolute atomic E-state index is 0.156. The number of aromatic nitrogens is 1. The second-order valence-corrected chi connectivity index (χ2v) is 7.77. The molecule has 0 saturated heterocycles. The fourth-order valence-corrected chi connectivity index (χ4v) is 4.54. The average Bonchev–Trinajstić information content (AvgIpc) is 2.80. The van der Waals surface area contributed by atoms with E-state index in [0.717, 1.165) is 5.69 Å². The summed E-state index contributed by atoms with van der Waals surface area (Å²) < 4.78 is 33.2. The summed E-state index contributed by atoms with van der Waals surface area (Å²) in [6, 6.07) is 8.25. The first-order valence-corrected chi connectivity index (χ1v) is 9.55. The Kier molecular flexibility index (Phi) is 6.02. The standard InChI is InChI=1S/C18H24N2O4S/c1-13-14(2)20(11-8-12-24-4)18(19-15(3)21)17(13)25(22,23)16-9-6-5-7-10-16/h5-7,9-10H,8,11-12H2,1-4H3,(H,19,21). The van der Waals surface area contributed by atoms with Crippen molar-refractivity contribution in [1.29, 1.82) is 0 Å². The molecule has 136 valence electrons. The van der Waals surface area contributed by atoms with E-state index in [1.54, 1.807) is 44.4 Å². The van der Waals surface area contributed by atoms with Gasteiger partial charge in [-0.05, 0) is 38.0 Å². The molecule has 0 spiro atoms. The number of anilines is 1. The van der Waals surface area contributed by atoms with Crippen molar-refractivity contribution in [1.82, 2.24) is 4.57 Å². The average molecular weight is 364 g/mol. The Morgan fingerprint density at radius 3 is 2.40 bits per heavy atom. The molecule has 0 radical (unpaired) electrons. The number of carbonyl (C=O) groups is 1. The van der Waals surface area contributed by atoms with Crippen molar-refractivity contribution in [3.8, 4) is 0 Å². The molecule has 7 heteroatoms. The van der Waals surface area contributed by atoms with Gasteiger partial charge in [-0.2, -0.15) is 0 Å². The van der Waals surface area contributed by atoms with E-state index in [4.69, 9.17) is 4.74 Å². The van der Waals surface area contributed by atoms with Crippen molar-refractivity contribution in [3.05, 3.63) is 41.6 Å². The predicted molar refractivity (Wildman–Crippen MR) is 96.6 cm³/mol. The van der Waals surface area contributed by atoms with Gasteiger partial charge < -0.3 is 14.6 Å². The molecule has 0 fully saturated rings. The Bertz CT molecular complexity index is 855. The fraction of sp³-hybridized carbons (Fsp3) is 0.389. The van der Waals surface area contributed by atoms with Crippen LogP contribution in [0.3, 0.4) is 0 Å². The maximum absolute atomic E-state index is 13.2. The van der Waals surface area contributed by atoms with Gasteiger partial charge in [-0.25, -0.2) is 8.42 Å². The number of hydrogen-bond donors (Lipinski definition) is 1. The van der Waals surface area contributed by atoms with E-state index >= 15 is 0 Å². The summed E-state index contributed by atoms with van der Waals surface area (Å²) in [4.78, 5) is 12.1. The zero-order chi connectivity index (χ0) is 18.6. The summed E-state index contributed by atoms with van der Waals surface area (Å²) in [7, 11) is -2.13. The van der Waals surface area contributed by atoms with Crippen molar-refractivity contribution in [2.24, 2.45) is 0 Å². The molecule has 2 rings (SSSR count). The molecule has 1 heterocycles. The number of methoxy groups -OCH3 is 1. The monoisotopic (exact) mass is 364 g/mol. The number of carbonyl (C=O) groups excluding carboxylic acids is 1. The largest absolute Gasteiger partial charge is 0.385 e. The Labute approximate surface area is 148 Å². The van der Waals surface area contributed by atoms with Crippen LogP contribution in [-0.2, 0) is 25.9 Å². The number of amides is 1. The van der Waals surface area contributed by atoms with Gasteiger partial charge in [-0.15, -0.1) is 0 Å². The number of nitrogens with zero attached hydrogens (tertiary/aromatic N) is 1. The zero-order valence-electron chi connectivity index (χ0n) is 15.0. The van der Waals surface area contributed by atoms with Gasteiger partial charge in [0.05, 0.1) is 4.90 Å². The van der Waals surface area contributed by atoms with Gasteiger partial charge in [0.1, 0.15) is 10.7 Å². The number of sulfone groups is 1. The highest BCUT2D eigenvalue weighted by atomic mass is 32.2. The van der Waals surface area contributed by atoms with Crippen LogP contribution in [-0.4, -0.2) is 32.6 Å². The molecule has 0 aliphatic heterocycles. The Morgan fingerprint density at radius 2 is 1.84 bits per heavy atom. The van der Waals surface area contributed by atoms with Gasteiger partial charge in [0.15, 0.2) is 0 Å². The molecule has 6 nitrogen and oxygen atoms in total. The molecular formula is C18H24N2O4S. The Balaban J connectivity index is 2.64. The molecule has 2 aromatic rings. The second-order valence-electron chi connectivity index (χ2n) is 5.88. The number of hydrogen-bond acceptors (Lipinski definition) is 4. The third kappa shape index (κ3) is 3.93. The fourth-order valence-electron chi connectivity index (χ4n) is 2.82. The number of rotatable bonds is 7. The van der Waals surface area contributed by atoms with E-state index in [2.05, 4.69) is 5.32 Å².